The SMILES string of the molecule is c1cc2c(s1)CCNC2c1nc(C2CCCCC2)no1. The molecule has 0 spiro atoms. The molecule has 1 fully saturated rings. The minimum absolute atomic E-state index is 0.0924. The maximum atomic E-state index is 5.56. The highest BCUT2D eigenvalue weighted by atomic mass is 32.1. The van der Waals surface area contributed by atoms with Crippen LogP contribution in [0.25, 0.3) is 0 Å². The Kier molecular flexibility index (Phi) is 3.32. The zero-order chi connectivity index (χ0) is 13.4. The molecule has 1 aliphatic heterocycles. The van der Waals surface area contributed by atoms with Gasteiger partial charge in [0.2, 0.25) is 5.89 Å². The lowest BCUT2D eigenvalue weighted by atomic mass is 9.89. The fourth-order valence-electron chi connectivity index (χ4n) is 3.36. The van der Waals surface area contributed by atoms with Gasteiger partial charge in [0.15, 0.2) is 5.82 Å². The first-order chi connectivity index (χ1) is 9.92. The van der Waals surface area contributed by atoms with E-state index in [1.165, 1.54) is 42.5 Å². The number of rotatable bonds is 2. The quantitative estimate of drug-likeness (QED) is 0.920. The molecule has 2 aromatic heterocycles. The van der Waals surface area contributed by atoms with Gasteiger partial charge in [-0.05, 0) is 36.3 Å². The standard InChI is InChI=1S/C15H19N3OS/c1-2-4-10(5-3-1)14-17-15(19-18-14)13-11-7-9-20-12(11)6-8-16-13/h7,9-10,13,16H,1-6,8H2. The van der Waals surface area contributed by atoms with Gasteiger partial charge in [0.1, 0.15) is 6.04 Å². The Morgan fingerprint density at radius 1 is 1.25 bits per heavy atom. The lowest BCUT2D eigenvalue weighted by molar-refractivity contribution is 0.333. The van der Waals surface area contributed by atoms with Gasteiger partial charge in [-0.25, -0.2) is 0 Å². The van der Waals surface area contributed by atoms with Crippen molar-refractivity contribution in [3.8, 4) is 0 Å². The average molecular weight is 289 g/mol. The molecule has 0 bridgehead atoms. The molecule has 106 valence electrons. The van der Waals surface area contributed by atoms with Crippen LogP contribution in [-0.2, 0) is 6.42 Å². The molecule has 5 heteroatoms. The molecule has 1 saturated carbocycles. The van der Waals surface area contributed by atoms with E-state index >= 15 is 0 Å². The number of fused-ring (bicyclic) bond motifs is 1. The summed E-state index contributed by atoms with van der Waals surface area (Å²) in [5.41, 5.74) is 1.32. The lowest BCUT2D eigenvalue weighted by Gasteiger charge is -2.21. The van der Waals surface area contributed by atoms with Crippen molar-refractivity contribution in [3.63, 3.8) is 0 Å². The third kappa shape index (κ3) is 2.19. The monoisotopic (exact) mass is 289 g/mol. The van der Waals surface area contributed by atoms with Crippen molar-refractivity contribution in [2.45, 2.75) is 50.5 Å². The summed E-state index contributed by atoms with van der Waals surface area (Å²) in [5, 5.41) is 9.91. The first-order valence-corrected chi connectivity index (χ1v) is 8.43. The van der Waals surface area contributed by atoms with Gasteiger partial charge in [0, 0.05) is 17.3 Å². The molecular weight excluding hydrogens is 270 g/mol. The molecule has 1 aliphatic carbocycles. The largest absolute Gasteiger partial charge is 0.337 e. The zero-order valence-corrected chi connectivity index (χ0v) is 12.3. The Bertz CT molecular complexity index is 585. The molecule has 1 atom stereocenters. The van der Waals surface area contributed by atoms with Crippen molar-refractivity contribution in [1.82, 2.24) is 15.5 Å². The van der Waals surface area contributed by atoms with E-state index in [1.807, 2.05) is 11.3 Å². The number of hydrogen-bond acceptors (Lipinski definition) is 5. The Labute approximate surface area is 122 Å². The Hall–Kier alpha value is -1.20. The smallest absolute Gasteiger partial charge is 0.248 e. The third-order valence-corrected chi connectivity index (χ3v) is 5.46. The van der Waals surface area contributed by atoms with Crippen LogP contribution < -0.4 is 5.32 Å². The predicted molar refractivity (Wildman–Crippen MR) is 78.0 cm³/mol. The number of hydrogen-bond donors (Lipinski definition) is 1. The summed E-state index contributed by atoms with van der Waals surface area (Å²) < 4.78 is 5.56. The number of thiophene rings is 1. The summed E-state index contributed by atoms with van der Waals surface area (Å²) >= 11 is 1.83. The van der Waals surface area contributed by atoms with E-state index in [2.05, 4.69) is 21.9 Å². The van der Waals surface area contributed by atoms with E-state index in [0.29, 0.717) is 5.92 Å². The molecule has 0 radical (unpaired) electrons. The number of nitrogens with zero attached hydrogens (tertiary/aromatic N) is 2. The van der Waals surface area contributed by atoms with E-state index in [9.17, 15) is 0 Å². The number of nitrogens with one attached hydrogen (secondary N) is 1. The normalized spacial score (nSPS) is 23.7. The molecule has 1 unspecified atom stereocenters. The third-order valence-electron chi connectivity index (χ3n) is 4.47. The lowest BCUT2D eigenvalue weighted by Crippen LogP contribution is -2.29. The van der Waals surface area contributed by atoms with E-state index in [4.69, 9.17) is 9.51 Å². The van der Waals surface area contributed by atoms with Crippen LogP contribution in [0.1, 0.15) is 66.2 Å². The molecule has 0 amide bonds. The van der Waals surface area contributed by atoms with Crippen molar-refractivity contribution in [3.05, 3.63) is 33.6 Å². The summed E-state index contributed by atoms with van der Waals surface area (Å²) in [6.45, 7) is 0.985. The maximum absolute atomic E-state index is 5.56. The molecule has 3 heterocycles. The fraction of sp³-hybridized carbons (Fsp3) is 0.600. The van der Waals surface area contributed by atoms with Crippen LogP contribution in [-0.4, -0.2) is 16.7 Å². The molecule has 4 rings (SSSR count). The predicted octanol–water partition coefficient (Wildman–Crippen LogP) is 3.41. The maximum Gasteiger partial charge on any atom is 0.248 e. The van der Waals surface area contributed by atoms with Gasteiger partial charge in [-0.3, -0.25) is 0 Å². The van der Waals surface area contributed by atoms with Crippen LogP contribution in [0.5, 0.6) is 0 Å². The second kappa shape index (κ2) is 5.30. The van der Waals surface area contributed by atoms with Crippen molar-refractivity contribution >= 4 is 11.3 Å². The van der Waals surface area contributed by atoms with Gasteiger partial charge in [-0.2, -0.15) is 4.98 Å². The van der Waals surface area contributed by atoms with Gasteiger partial charge in [-0.1, -0.05) is 24.4 Å². The molecular formula is C15H19N3OS. The summed E-state index contributed by atoms with van der Waals surface area (Å²) in [4.78, 5) is 6.15. The van der Waals surface area contributed by atoms with Crippen molar-refractivity contribution < 1.29 is 4.52 Å². The first-order valence-electron chi connectivity index (χ1n) is 7.55. The molecule has 20 heavy (non-hydrogen) atoms. The first kappa shape index (κ1) is 12.5. The van der Waals surface area contributed by atoms with Gasteiger partial charge in [-0.15, -0.1) is 11.3 Å². The molecule has 4 nitrogen and oxygen atoms in total. The van der Waals surface area contributed by atoms with Gasteiger partial charge >= 0.3 is 0 Å². The van der Waals surface area contributed by atoms with Crippen molar-refractivity contribution in [2.75, 3.05) is 6.54 Å². The van der Waals surface area contributed by atoms with Crippen LogP contribution in [0.15, 0.2) is 16.0 Å². The summed E-state index contributed by atoms with van der Waals surface area (Å²) in [7, 11) is 0. The highest BCUT2D eigenvalue weighted by Crippen LogP contribution is 2.34. The second-order valence-electron chi connectivity index (χ2n) is 5.76. The van der Waals surface area contributed by atoms with Gasteiger partial charge in [0.25, 0.3) is 0 Å². The minimum atomic E-state index is 0.0924. The van der Waals surface area contributed by atoms with E-state index in [-0.39, 0.29) is 6.04 Å². The summed E-state index contributed by atoms with van der Waals surface area (Å²) in [6, 6.07) is 2.27. The molecule has 1 N–H and O–H groups in total. The Morgan fingerprint density at radius 3 is 3.05 bits per heavy atom. The minimum Gasteiger partial charge on any atom is -0.337 e. The summed E-state index contributed by atoms with van der Waals surface area (Å²) in [6.07, 6.45) is 7.47. The number of aromatic nitrogens is 2. The highest BCUT2D eigenvalue weighted by Gasteiger charge is 2.28. The molecule has 0 saturated heterocycles. The Balaban J connectivity index is 1.60. The highest BCUT2D eigenvalue weighted by molar-refractivity contribution is 7.10. The van der Waals surface area contributed by atoms with E-state index in [1.54, 1.807) is 0 Å². The van der Waals surface area contributed by atoms with Crippen LogP contribution in [0.3, 0.4) is 0 Å². The topological polar surface area (TPSA) is 51.0 Å². The zero-order valence-electron chi connectivity index (χ0n) is 11.5. The van der Waals surface area contributed by atoms with E-state index < -0.39 is 0 Å². The van der Waals surface area contributed by atoms with Crippen LogP contribution in [0.4, 0.5) is 0 Å². The van der Waals surface area contributed by atoms with Gasteiger partial charge in [0.05, 0.1) is 0 Å². The van der Waals surface area contributed by atoms with Gasteiger partial charge < -0.3 is 9.84 Å². The fourth-order valence-corrected chi connectivity index (χ4v) is 4.28. The van der Waals surface area contributed by atoms with Crippen LogP contribution in [0.2, 0.25) is 0 Å². The van der Waals surface area contributed by atoms with Crippen LogP contribution >= 0.6 is 11.3 Å². The van der Waals surface area contributed by atoms with Crippen molar-refractivity contribution in [2.24, 2.45) is 0 Å². The molecule has 2 aliphatic rings. The molecule has 2 aromatic rings. The summed E-state index contributed by atoms with van der Waals surface area (Å²) in [5.74, 6) is 2.17. The van der Waals surface area contributed by atoms with Crippen LogP contribution in [0, 0.1) is 0 Å². The van der Waals surface area contributed by atoms with E-state index in [0.717, 1.165) is 24.7 Å². The average Bonchev–Trinajstić information content (AvgIpc) is 3.17. The second-order valence-corrected chi connectivity index (χ2v) is 6.76. The Morgan fingerprint density at radius 2 is 2.15 bits per heavy atom. The molecule has 0 aromatic carbocycles. The van der Waals surface area contributed by atoms with Crippen molar-refractivity contribution in [1.29, 1.82) is 0 Å².